The lowest BCUT2D eigenvalue weighted by Gasteiger charge is -2.37. The summed E-state index contributed by atoms with van der Waals surface area (Å²) in [5.41, 5.74) is 0.490. The first-order chi connectivity index (χ1) is 15.2. The van der Waals surface area contributed by atoms with Gasteiger partial charge in [0.25, 0.3) is 5.91 Å². The predicted molar refractivity (Wildman–Crippen MR) is 125 cm³/mol. The van der Waals surface area contributed by atoms with Crippen LogP contribution in [0.5, 0.6) is 5.75 Å². The second kappa shape index (κ2) is 12.4. The Bertz CT molecular complexity index is 758. The van der Waals surface area contributed by atoms with Crippen molar-refractivity contribution in [1.82, 2.24) is 20.4 Å². The number of carbonyl (C=O) groups excluding carboxylic acids is 3. The van der Waals surface area contributed by atoms with Crippen LogP contribution in [0.15, 0.2) is 24.3 Å². The summed E-state index contributed by atoms with van der Waals surface area (Å²) in [7, 11) is 0. The van der Waals surface area contributed by atoms with E-state index in [2.05, 4.69) is 15.5 Å². The molecule has 32 heavy (non-hydrogen) atoms. The normalized spacial score (nSPS) is 16.4. The first-order valence-electron chi connectivity index (χ1n) is 11.6. The van der Waals surface area contributed by atoms with E-state index in [0.29, 0.717) is 50.6 Å². The predicted octanol–water partition coefficient (Wildman–Crippen LogP) is 1.90. The van der Waals surface area contributed by atoms with Crippen molar-refractivity contribution in [2.24, 2.45) is 5.92 Å². The highest BCUT2D eigenvalue weighted by molar-refractivity contribution is 5.97. The van der Waals surface area contributed by atoms with Gasteiger partial charge in [-0.1, -0.05) is 20.8 Å². The van der Waals surface area contributed by atoms with Crippen molar-refractivity contribution in [3.05, 3.63) is 29.8 Å². The van der Waals surface area contributed by atoms with E-state index in [9.17, 15) is 14.4 Å². The van der Waals surface area contributed by atoms with E-state index in [4.69, 9.17) is 4.74 Å². The topological polar surface area (TPSA) is 91.0 Å². The summed E-state index contributed by atoms with van der Waals surface area (Å²) >= 11 is 0. The minimum absolute atomic E-state index is 0.0156. The van der Waals surface area contributed by atoms with Crippen LogP contribution in [0.4, 0.5) is 0 Å². The Balaban J connectivity index is 1.90. The van der Waals surface area contributed by atoms with Gasteiger partial charge in [-0.25, -0.2) is 0 Å². The van der Waals surface area contributed by atoms with Gasteiger partial charge in [0.05, 0.1) is 13.2 Å². The van der Waals surface area contributed by atoms with Crippen LogP contribution in [-0.2, 0) is 9.59 Å². The maximum Gasteiger partial charge on any atom is 0.251 e. The fourth-order valence-corrected chi connectivity index (χ4v) is 3.56. The van der Waals surface area contributed by atoms with Gasteiger partial charge in [-0.3, -0.25) is 19.3 Å². The summed E-state index contributed by atoms with van der Waals surface area (Å²) < 4.78 is 5.41. The summed E-state index contributed by atoms with van der Waals surface area (Å²) in [5, 5.41) is 5.88. The molecule has 1 heterocycles. The van der Waals surface area contributed by atoms with E-state index >= 15 is 0 Å². The number of hydrogen-bond donors (Lipinski definition) is 2. The molecule has 0 bridgehead atoms. The fraction of sp³-hybridized carbons (Fsp3) is 0.625. The van der Waals surface area contributed by atoms with E-state index in [1.54, 1.807) is 29.2 Å². The van der Waals surface area contributed by atoms with Crippen molar-refractivity contribution in [2.45, 2.75) is 53.1 Å². The zero-order chi connectivity index (χ0) is 23.7. The van der Waals surface area contributed by atoms with Gasteiger partial charge < -0.3 is 20.3 Å². The molecule has 0 radical (unpaired) electrons. The molecule has 2 unspecified atom stereocenters. The van der Waals surface area contributed by atoms with E-state index in [1.165, 1.54) is 0 Å². The standard InChI is InChI=1S/C24H38N4O4/c1-6-18(5)25-21(29)16-27-12-14-28(15-13-27)24(31)22(17(3)4)26-23(30)19-8-10-20(11-9-19)32-7-2/h8-11,17-18,22H,6-7,12-16H2,1-5H3,(H,25,29)(H,26,30). The van der Waals surface area contributed by atoms with Crippen LogP contribution in [0.2, 0.25) is 0 Å². The second-order valence-corrected chi connectivity index (χ2v) is 8.63. The Morgan fingerprint density at radius 1 is 0.969 bits per heavy atom. The van der Waals surface area contributed by atoms with Gasteiger partial charge in [-0.15, -0.1) is 0 Å². The van der Waals surface area contributed by atoms with Crippen molar-refractivity contribution in [3.63, 3.8) is 0 Å². The molecule has 1 aromatic rings. The van der Waals surface area contributed by atoms with Crippen molar-refractivity contribution < 1.29 is 19.1 Å². The van der Waals surface area contributed by atoms with Gasteiger partial charge in [0.1, 0.15) is 11.8 Å². The maximum absolute atomic E-state index is 13.2. The highest BCUT2D eigenvalue weighted by atomic mass is 16.5. The largest absolute Gasteiger partial charge is 0.494 e. The molecule has 2 rings (SSSR count). The Morgan fingerprint density at radius 3 is 2.12 bits per heavy atom. The number of hydrogen-bond acceptors (Lipinski definition) is 5. The Hall–Kier alpha value is -2.61. The molecule has 0 saturated carbocycles. The van der Waals surface area contributed by atoms with Crippen LogP contribution in [0.25, 0.3) is 0 Å². The van der Waals surface area contributed by atoms with E-state index in [0.717, 1.165) is 6.42 Å². The summed E-state index contributed by atoms with van der Waals surface area (Å²) in [6.07, 6.45) is 0.896. The number of benzene rings is 1. The van der Waals surface area contributed by atoms with E-state index < -0.39 is 6.04 Å². The average Bonchev–Trinajstić information content (AvgIpc) is 2.77. The molecule has 2 atom stereocenters. The third-order valence-corrected chi connectivity index (χ3v) is 5.72. The van der Waals surface area contributed by atoms with Crippen LogP contribution in [0.3, 0.4) is 0 Å². The summed E-state index contributed by atoms with van der Waals surface area (Å²) in [6.45, 7) is 13.0. The first-order valence-corrected chi connectivity index (χ1v) is 11.6. The molecule has 2 N–H and O–H groups in total. The van der Waals surface area contributed by atoms with Gasteiger partial charge in [0, 0.05) is 37.8 Å². The highest BCUT2D eigenvalue weighted by Gasteiger charge is 2.31. The lowest BCUT2D eigenvalue weighted by Crippen LogP contribution is -2.57. The molecule has 178 valence electrons. The minimum atomic E-state index is -0.602. The molecular formula is C24H38N4O4. The molecular weight excluding hydrogens is 408 g/mol. The van der Waals surface area contributed by atoms with Gasteiger partial charge in [-0.2, -0.15) is 0 Å². The summed E-state index contributed by atoms with van der Waals surface area (Å²) in [6, 6.07) is 6.46. The molecule has 3 amide bonds. The average molecular weight is 447 g/mol. The summed E-state index contributed by atoms with van der Waals surface area (Å²) in [5.74, 6) is 0.315. The van der Waals surface area contributed by atoms with Gasteiger partial charge in [-0.05, 0) is 50.5 Å². The van der Waals surface area contributed by atoms with Crippen LogP contribution in [-0.4, -0.2) is 78.9 Å². The van der Waals surface area contributed by atoms with Crippen LogP contribution < -0.4 is 15.4 Å². The first kappa shape index (κ1) is 25.6. The Morgan fingerprint density at radius 2 is 1.59 bits per heavy atom. The SMILES string of the molecule is CCOc1ccc(C(=O)NC(C(=O)N2CCN(CC(=O)NC(C)CC)CC2)C(C)C)cc1. The lowest BCUT2D eigenvalue weighted by atomic mass is 10.0. The number of carbonyl (C=O) groups is 3. The fourth-order valence-electron chi connectivity index (χ4n) is 3.56. The number of ether oxygens (including phenoxy) is 1. The van der Waals surface area contributed by atoms with Gasteiger partial charge in [0.15, 0.2) is 0 Å². The summed E-state index contributed by atoms with van der Waals surface area (Å²) in [4.78, 5) is 41.8. The zero-order valence-electron chi connectivity index (χ0n) is 20.0. The van der Waals surface area contributed by atoms with E-state index in [1.807, 2.05) is 34.6 Å². The lowest BCUT2D eigenvalue weighted by molar-refractivity contribution is -0.136. The molecule has 1 saturated heterocycles. The molecule has 1 fully saturated rings. The second-order valence-electron chi connectivity index (χ2n) is 8.63. The monoisotopic (exact) mass is 446 g/mol. The molecule has 0 spiro atoms. The quantitative estimate of drug-likeness (QED) is 0.573. The number of nitrogens with zero attached hydrogens (tertiary/aromatic N) is 2. The van der Waals surface area contributed by atoms with Crippen LogP contribution in [0, 0.1) is 5.92 Å². The molecule has 1 aliphatic rings. The molecule has 1 aliphatic heterocycles. The number of nitrogens with one attached hydrogen (secondary N) is 2. The number of rotatable bonds is 10. The molecule has 8 nitrogen and oxygen atoms in total. The molecule has 8 heteroatoms. The van der Waals surface area contributed by atoms with Crippen LogP contribution >= 0.6 is 0 Å². The van der Waals surface area contributed by atoms with Crippen LogP contribution in [0.1, 0.15) is 51.4 Å². The van der Waals surface area contributed by atoms with E-state index in [-0.39, 0.29) is 29.7 Å². The van der Waals surface area contributed by atoms with Crippen molar-refractivity contribution in [1.29, 1.82) is 0 Å². The Kier molecular flexibility index (Phi) is 9.97. The van der Waals surface area contributed by atoms with Gasteiger partial charge >= 0.3 is 0 Å². The van der Waals surface area contributed by atoms with Gasteiger partial charge in [0.2, 0.25) is 11.8 Å². The zero-order valence-corrected chi connectivity index (χ0v) is 20.0. The molecule has 0 aliphatic carbocycles. The maximum atomic E-state index is 13.2. The third-order valence-electron chi connectivity index (χ3n) is 5.72. The highest BCUT2D eigenvalue weighted by Crippen LogP contribution is 2.14. The third kappa shape index (κ3) is 7.51. The van der Waals surface area contributed by atoms with Crippen molar-refractivity contribution in [2.75, 3.05) is 39.3 Å². The molecule has 1 aromatic carbocycles. The minimum Gasteiger partial charge on any atom is -0.494 e. The number of amides is 3. The molecule has 0 aromatic heterocycles. The number of piperazine rings is 1. The van der Waals surface area contributed by atoms with Crippen molar-refractivity contribution >= 4 is 17.7 Å². The Labute approximate surface area is 191 Å². The smallest absolute Gasteiger partial charge is 0.251 e. The van der Waals surface area contributed by atoms with Crippen molar-refractivity contribution in [3.8, 4) is 5.75 Å².